The second kappa shape index (κ2) is 5.51. The number of carbonyl (C=O) groups is 1. The summed E-state index contributed by atoms with van der Waals surface area (Å²) in [6, 6.07) is 5.57. The van der Waals surface area contributed by atoms with Gasteiger partial charge in [-0.1, -0.05) is 13.8 Å². The van der Waals surface area contributed by atoms with Crippen LogP contribution in [0.2, 0.25) is 0 Å². The van der Waals surface area contributed by atoms with Crippen molar-refractivity contribution in [1.82, 2.24) is 4.90 Å². The highest BCUT2D eigenvalue weighted by Gasteiger charge is 2.32. The number of nitrogens with zero attached hydrogens (tertiary/aromatic N) is 1. The van der Waals surface area contributed by atoms with E-state index in [1.54, 1.807) is 25.3 Å². The maximum atomic E-state index is 12.6. The van der Waals surface area contributed by atoms with E-state index in [0.717, 1.165) is 19.4 Å². The summed E-state index contributed by atoms with van der Waals surface area (Å²) in [6.07, 6.45) is 2.16. The summed E-state index contributed by atoms with van der Waals surface area (Å²) in [5.41, 5.74) is 7.02. The molecule has 104 valence electrons. The molecule has 2 rings (SSSR count). The van der Waals surface area contributed by atoms with Crippen LogP contribution < -0.4 is 10.5 Å². The van der Waals surface area contributed by atoms with Crippen LogP contribution in [-0.2, 0) is 0 Å². The largest absolute Gasteiger partial charge is 0.497 e. The van der Waals surface area contributed by atoms with Gasteiger partial charge in [-0.15, -0.1) is 0 Å². The van der Waals surface area contributed by atoms with Crippen LogP contribution in [0, 0.1) is 5.92 Å². The summed E-state index contributed by atoms with van der Waals surface area (Å²) in [4.78, 5) is 14.5. The van der Waals surface area contributed by atoms with E-state index in [1.165, 1.54) is 0 Å². The Hall–Kier alpha value is -1.71. The molecule has 0 spiro atoms. The molecule has 1 fully saturated rings. The lowest BCUT2D eigenvalue weighted by atomic mass is 10.0. The van der Waals surface area contributed by atoms with E-state index >= 15 is 0 Å². The van der Waals surface area contributed by atoms with Crippen LogP contribution in [0.5, 0.6) is 5.75 Å². The van der Waals surface area contributed by atoms with Gasteiger partial charge < -0.3 is 15.4 Å². The Morgan fingerprint density at radius 3 is 2.79 bits per heavy atom. The molecule has 1 atom stereocenters. The van der Waals surface area contributed by atoms with E-state index in [0.29, 0.717) is 29.0 Å². The maximum absolute atomic E-state index is 12.6. The molecule has 4 heteroatoms. The Morgan fingerprint density at radius 1 is 1.47 bits per heavy atom. The van der Waals surface area contributed by atoms with Crippen LogP contribution >= 0.6 is 0 Å². The van der Waals surface area contributed by atoms with E-state index in [-0.39, 0.29) is 5.91 Å². The van der Waals surface area contributed by atoms with Gasteiger partial charge in [0.05, 0.1) is 12.7 Å². The topological polar surface area (TPSA) is 55.6 Å². The van der Waals surface area contributed by atoms with Crippen LogP contribution in [0.1, 0.15) is 37.0 Å². The maximum Gasteiger partial charge on any atom is 0.256 e. The third kappa shape index (κ3) is 2.67. The fourth-order valence-electron chi connectivity index (χ4n) is 2.76. The van der Waals surface area contributed by atoms with E-state index in [1.807, 2.05) is 4.90 Å². The average molecular weight is 262 g/mol. The van der Waals surface area contributed by atoms with Crippen molar-refractivity contribution >= 4 is 11.6 Å². The predicted octanol–water partition coefficient (Wildman–Crippen LogP) is 2.54. The first-order valence-electron chi connectivity index (χ1n) is 6.79. The molecule has 0 radical (unpaired) electrons. The van der Waals surface area contributed by atoms with E-state index in [2.05, 4.69) is 13.8 Å². The summed E-state index contributed by atoms with van der Waals surface area (Å²) in [6.45, 7) is 5.15. The number of hydrogen-bond donors (Lipinski definition) is 1. The number of nitrogen functional groups attached to an aromatic ring is 1. The highest BCUT2D eigenvalue weighted by atomic mass is 16.5. The predicted molar refractivity (Wildman–Crippen MR) is 76.3 cm³/mol. The molecule has 0 saturated carbocycles. The van der Waals surface area contributed by atoms with Crippen molar-refractivity contribution in [3.63, 3.8) is 0 Å². The summed E-state index contributed by atoms with van der Waals surface area (Å²) in [7, 11) is 1.59. The molecule has 1 aromatic carbocycles. The highest BCUT2D eigenvalue weighted by molar-refractivity contribution is 5.99. The fourth-order valence-corrected chi connectivity index (χ4v) is 2.76. The van der Waals surface area contributed by atoms with Gasteiger partial charge in [0.2, 0.25) is 0 Å². The zero-order valence-electron chi connectivity index (χ0n) is 11.8. The Bertz CT molecular complexity index is 471. The molecule has 1 amide bonds. The lowest BCUT2D eigenvalue weighted by Crippen LogP contribution is -2.38. The van der Waals surface area contributed by atoms with Crippen LogP contribution in [0.25, 0.3) is 0 Å². The average Bonchev–Trinajstić information content (AvgIpc) is 2.87. The minimum Gasteiger partial charge on any atom is -0.497 e. The molecular weight excluding hydrogens is 240 g/mol. The van der Waals surface area contributed by atoms with Crippen LogP contribution in [-0.4, -0.2) is 30.5 Å². The second-order valence-corrected chi connectivity index (χ2v) is 5.41. The van der Waals surface area contributed by atoms with E-state index < -0.39 is 0 Å². The monoisotopic (exact) mass is 262 g/mol. The van der Waals surface area contributed by atoms with Gasteiger partial charge in [-0.25, -0.2) is 0 Å². The van der Waals surface area contributed by atoms with Gasteiger partial charge >= 0.3 is 0 Å². The number of methoxy groups -OCH3 is 1. The fraction of sp³-hybridized carbons (Fsp3) is 0.533. The first-order valence-corrected chi connectivity index (χ1v) is 6.79. The summed E-state index contributed by atoms with van der Waals surface area (Å²) in [5, 5.41) is 0. The number of anilines is 1. The molecule has 1 aliphatic heterocycles. The molecule has 2 N–H and O–H groups in total. The highest BCUT2D eigenvalue weighted by Crippen LogP contribution is 2.28. The Morgan fingerprint density at radius 2 is 2.21 bits per heavy atom. The van der Waals surface area contributed by atoms with E-state index in [4.69, 9.17) is 10.5 Å². The van der Waals surface area contributed by atoms with Gasteiger partial charge in [0.25, 0.3) is 5.91 Å². The quantitative estimate of drug-likeness (QED) is 0.852. The van der Waals surface area contributed by atoms with Gasteiger partial charge in [-0.05, 0) is 30.9 Å². The van der Waals surface area contributed by atoms with Crippen molar-refractivity contribution in [2.45, 2.75) is 32.7 Å². The lowest BCUT2D eigenvalue weighted by molar-refractivity contribution is 0.0702. The van der Waals surface area contributed by atoms with Crippen LogP contribution in [0.3, 0.4) is 0 Å². The van der Waals surface area contributed by atoms with Crippen molar-refractivity contribution in [2.24, 2.45) is 5.92 Å². The molecule has 0 aromatic heterocycles. The minimum absolute atomic E-state index is 0.0383. The first-order chi connectivity index (χ1) is 9.04. The molecule has 1 aromatic rings. The third-order valence-corrected chi connectivity index (χ3v) is 3.82. The van der Waals surface area contributed by atoms with Crippen molar-refractivity contribution in [2.75, 3.05) is 19.4 Å². The molecular formula is C15H22N2O2. The Kier molecular flexibility index (Phi) is 3.98. The zero-order chi connectivity index (χ0) is 14.0. The Balaban J connectivity index is 2.24. The van der Waals surface area contributed by atoms with Crippen LogP contribution in [0.4, 0.5) is 5.69 Å². The number of likely N-dealkylation sites (tertiary alicyclic amines) is 1. The van der Waals surface area contributed by atoms with Crippen molar-refractivity contribution in [3.8, 4) is 5.75 Å². The number of rotatable bonds is 3. The van der Waals surface area contributed by atoms with Crippen LogP contribution in [0.15, 0.2) is 18.2 Å². The molecule has 0 aliphatic carbocycles. The SMILES string of the molecule is COc1ccc(C(=O)N2CCCC2C(C)C)c(N)c1. The number of ether oxygens (including phenoxy) is 1. The van der Waals surface area contributed by atoms with Gasteiger partial charge in [0.15, 0.2) is 0 Å². The standard InChI is InChI=1S/C15H22N2O2/c1-10(2)14-5-4-8-17(14)15(18)12-7-6-11(19-3)9-13(12)16/h6-7,9-10,14H,4-5,8,16H2,1-3H3. The molecule has 1 unspecified atom stereocenters. The number of carbonyl (C=O) groups excluding carboxylic acids is 1. The van der Waals surface area contributed by atoms with Crippen molar-refractivity contribution in [3.05, 3.63) is 23.8 Å². The third-order valence-electron chi connectivity index (χ3n) is 3.82. The number of hydrogen-bond acceptors (Lipinski definition) is 3. The molecule has 1 heterocycles. The van der Waals surface area contributed by atoms with Gasteiger partial charge in [0, 0.05) is 24.3 Å². The molecule has 1 aliphatic rings. The molecule has 0 bridgehead atoms. The lowest BCUT2D eigenvalue weighted by Gasteiger charge is -2.28. The number of benzene rings is 1. The normalized spacial score (nSPS) is 18.9. The second-order valence-electron chi connectivity index (χ2n) is 5.41. The van der Waals surface area contributed by atoms with Gasteiger partial charge in [-0.2, -0.15) is 0 Å². The summed E-state index contributed by atoms with van der Waals surface area (Å²) in [5.74, 6) is 1.19. The van der Waals surface area contributed by atoms with Gasteiger partial charge in [0.1, 0.15) is 5.75 Å². The minimum atomic E-state index is 0.0383. The summed E-state index contributed by atoms with van der Waals surface area (Å²) < 4.78 is 5.11. The van der Waals surface area contributed by atoms with Crippen molar-refractivity contribution < 1.29 is 9.53 Å². The zero-order valence-corrected chi connectivity index (χ0v) is 11.8. The smallest absolute Gasteiger partial charge is 0.256 e. The first kappa shape index (κ1) is 13.7. The van der Waals surface area contributed by atoms with Gasteiger partial charge in [-0.3, -0.25) is 4.79 Å². The molecule has 19 heavy (non-hydrogen) atoms. The Labute approximate surface area is 114 Å². The molecule has 1 saturated heterocycles. The van der Waals surface area contributed by atoms with Crippen molar-refractivity contribution in [1.29, 1.82) is 0 Å². The van der Waals surface area contributed by atoms with E-state index in [9.17, 15) is 4.79 Å². The molecule has 4 nitrogen and oxygen atoms in total. The number of amides is 1. The summed E-state index contributed by atoms with van der Waals surface area (Å²) >= 11 is 0. The number of nitrogens with two attached hydrogens (primary N) is 1.